The van der Waals surface area contributed by atoms with E-state index in [4.69, 9.17) is 4.74 Å². The summed E-state index contributed by atoms with van der Waals surface area (Å²) in [5, 5.41) is 11.3. The smallest absolute Gasteiger partial charge is 0.250 e. The normalized spacial score (nSPS) is 10.9. The number of carbonyl (C=O) groups is 1. The van der Waals surface area contributed by atoms with Gasteiger partial charge in [-0.3, -0.25) is 10.1 Å². The number of hydrogen-bond acceptors (Lipinski definition) is 6. The van der Waals surface area contributed by atoms with Crippen LogP contribution in [0.1, 0.15) is 24.5 Å². The lowest BCUT2D eigenvalue weighted by Gasteiger charge is -2.06. The molecule has 0 bridgehead atoms. The Balaban J connectivity index is 1.48. The van der Waals surface area contributed by atoms with E-state index in [1.807, 2.05) is 54.6 Å². The van der Waals surface area contributed by atoms with Gasteiger partial charge in [0.15, 0.2) is 4.34 Å². The summed E-state index contributed by atoms with van der Waals surface area (Å²) in [6.07, 6.45) is 4.31. The van der Waals surface area contributed by atoms with Gasteiger partial charge in [-0.05, 0) is 35.8 Å². The fraction of sp³-hybridized carbons (Fsp3) is 0.190. The molecule has 2 aromatic carbocycles. The van der Waals surface area contributed by atoms with Gasteiger partial charge in [0.05, 0.1) is 0 Å². The van der Waals surface area contributed by atoms with Crippen LogP contribution in [0, 0.1) is 0 Å². The zero-order valence-electron chi connectivity index (χ0n) is 15.5. The predicted octanol–water partition coefficient (Wildman–Crippen LogP) is 5.27. The zero-order chi connectivity index (χ0) is 19.6. The van der Waals surface area contributed by atoms with Crippen LogP contribution in [-0.2, 0) is 11.4 Å². The lowest BCUT2D eigenvalue weighted by molar-refractivity contribution is -0.111. The van der Waals surface area contributed by atoms with Gasteiger partial charge in [-0.15, -0.1) is 10.2 Å². The van der Waals surface area contributed by atoms with Crippen LogP contribution in [-0.4, -0.2) is 21.9 Å². The Morgan fingerprint density at radius 1 is 1.14 bits per heavy atom. The zero-order valence-corrected chi connectivity index (χ0v) is 17.1. The Bertz CT molecular complexity index is 909. The number of rotatable bonds is 9. The van der Waals surface area contributed by atoms with Crippen molar-refractivity contribution in [2.75, 3.05) is 11.1 Å². The molecule has 0 unspecified atom stereocenters. The van der Waals surface area contributed by atoms with Crippen molar-refractivity contribution in [3.63, 3.8) is 0 Å². The van der Waals surface area contributed by atoms with Crippen molar-refractivity contribution in [1.29, 1.82) is 0 Å². The van der Waals surface area contributed by atoms with Crippen LogP contribution in [0.4, 0.5) is 5.13 Å². The quantitative estimate of drug-likeness (QED) is 0.295. The van der Waals surface area contributed by atoms with E-state index in [0.29, 0.717) is 11.7 Å². The average molecular weight is 412 g/mol. The van der Waals surface area contributed by atoms with E-state index in [9.17, 15) is 4.79 Å². The maximum absolute atomic E-state index is 12.0. The minimum absolute atomic E-state index is 0.229. The summed E-state index contributed by atoms with van der Waals surface area (Å²) in [5.74, 6) is 1.55. The third kappa shape index (κ3) is 6.51. The molecule has 7 heteroatoms. The summed E-state index contributed by atoms with van der Waals surface area (Å²) in [7, 11) is 0. The minimum Gasteiger partial charge on any atom is -0.489 e. The molecule has 0 aliphatic carbocycles. The number of hydrogen-bond donors (Lipinski definition) is 1. The first kappa shape index (κ1) is 20.1. The summed E-state index contributed by atoms with van der Waals surface area (Å²) in [4.78, 5) is 12.0. The fourth-order valence-corrected chi connectivity index (χ4v) is 3.92. The highest BCUT2D eigenvalue weighted by Crippen LogP contribution is 2.25. The molecule has 0 fully saturated rings. The lowest BCUT2D eigenvalue weighted by atomic mass is 10.2. The number of aromatic nitrogens is 2. The summed E-state index contributed by atoms with van der Waals surface area (Å²) in [6.45, 7) is 2.64. The van der Waals surface area contributed by atoms with Crippen molar-refractivity contribution >= 4 is 40.2 Å². The van der Waals surface area contributed by atoms with E-state index < -0.39 is 0 Å². The van der Waals surface area contributed by atoms with Gasteiger partial charge >= 0.3 is 0 Å². The van der Waals surface area contributed by atoms with Crippen LogP contribution >= 0.6 is 23.1 Å². The number of thioether (sulfide) groups is 1. The van der Waals surface area contributed by atoms with Crippen molar-refractivity contribution in [2.24, 2.45) is 0 Å². The van der Waals surface area contributed by atoms with Gasteiger partial charge in [-0.1, -0.05) is 72.5 Å². The summed E-state index contributed by atoms with van der Waals surface area (Å²) >= 11 is 3.03. The Morgan fingerprint density at radius 2 is 1.93 bits per heavy atom. The molecule has 3 aromatic rings. The molecule has 5 nitrogen and oxygen atoms in total. The van der Waals surface area contributed by atoms with Crippen molar-refractivity contribution in [3.8, 4) is 5.75 Å². The van der Waals surface area contributed by atoms with Gasteiger partial charge in [-0.25, -0.2) is 0 Å². The molecule has 0 spiro atoms. The minimum atomic E-state index is -0.229. The number of ether oxygens (including phenoxy) is 1. The van der Waals surface area contributed by atoms with Gasteiger partial charge in [0.1, 0.15) is 12.4 Å². The van der Waals surface area contributed by atoms with E-state index in [2.05, 4.69) is 22.4 Å². The molecule has 3 rings (SSSR count). The SMILES string of the molecule is CCCSc1nnc(NC(=O)/C=C/c2ccc(OCc3ccccc3)cc2)s1. The molecule has 1 aromatic heterocycles. The van der Waals surface area contributed by atoms with E-state index >= 15 is 0 Å². The Kier molecular flexibility index (Phi) is 7.63. The second kappa shape index (κ2) is 10.6. The lowest BCUT2D eigenvalue weighted by Crippen LogP contribution is -2.07. The fourth-order valence-electron chi connectivity index (χ4n) is 2.24. The third-order valence-corrected chi connectivity index (χ3v) is 5.80. The van der Waals surface area contributed by atoms with Gasteiger partial charge in [0, 0.05) is 11.8 Å². The second-order valence-corrected chi connectivity index (χ2v) is 8.21. The van der Waals surface area contributed by atoms with Crippen molar-refractivity contribution < 1.29 is 9.53 Å². The summed E-state index contributed by atoms with van der Waals surface area (Å²) in [6, 6.07) is 17.6. The Morgan fingerprint density at radius 3 is 2.68 bits per heavy atom. The third-order valence-electron chi connectivity index (χ3n) is 3.62. The molecule has 144 valence electrons. The molecular formula is C21H21N3O2S2. The van der Waals surface area contributed by atoms with Crippen LogP contribution in [0.5, 0.6) is 5.75 Å². The summed E-state index contributed by atoms with van der Waals surface area (Å²) < 4.78 is 6.63. The highest BCUT2D eigenvalue weighted by molar-refractivity contribution is 8.01. The molecule has 0 saturated carbocycles. The summed E-state index contributed by atoms with van der Waals surface area (Å²) in [5.41, 5.74) is 2.04. The van der Waals surface area contributed by atoms with Crippen LogP contribution in [0.2, 0.25) is 0 Å². The number of nitrogens with zero attached hydrogens (tertiary/aromatic N) is 2. The van der Waals surface area contributed by atoms with Crippen molar-refractivity contribution in [3.05, 3.63) is 71.8 Å². The maximum Gasteiger partial charge on any atom is 0.250 e. The van der Waals surface area contributed by atoms with Crippen LogP contribution < -0.4 is 10.1 Å². The topological polar surface area (TPSA) is 64.1 Å². The first-order valence-corrected chi connectivity index (χ1v) is 10.8. The van der Waals surface area contributed by atoms with Crippen LogP contribution in [0.15, 0.2) is 65.0 Å². The Labute approximate surface area is 172 Å². The first-order valence-electron chi connectivity index (χ1n) is 8.95. The molecule has 0 aliphatic rings. The molecule has 0 radical (unpaired) electrons. The molecule has 0 saturated heterocycles. The molecule has 1 heterocycles. The predicted molar refractivity (Wildman–Crippen MR) is 116 cm³/mol. The van der Waals surface area contributed by atoms with E-state index in [0.717, 1.165) is 33.4 Å². The van der Waals surface area contributed by atoms with Gasteiger partial charge in [-0.2, -0.15) is 0 Å². The Hall–Kier alpha value is -2.64. The monoisotopic (exact) mass is 411 g/mol. The molecule has 1 N–H and O–H groups in total. The number of carbonyl (C=O) groups excluding carboxylic acids is 1. The number of anilines is 1. The average Bonchev–Trinajstić information content (AvgIpc) is 3.18. The molecular weight excluding hydrogens is 390 g/mol. The van der Waals surface area contributed by atoms with Gasteiger partial charge in [0.25, 0.3) is 0 Å². The number of benzene rings is 2. The largest absolute Gasteiger partial charge is 0.489 e. The second-order valence-electron chi connectivity index (χ2n) is 5.89. The highest BCUT2D eigenvalue weighted by Gasteiger charge is 2.06. The standard InChI is InChI=1S/C21H21N3O2S2/c1-2-14-27-21-24-23-20(28-21)22-19(25)13-10-16-8-11-18(12-9-16)26-15-17-6-4-3-5-7-17/h3-13H,2,14-15H2,1H3,(H,22,23,25)/b13-10+. The highest BCUT2D eigenvalue weighted by atomic mass is 32.2. The number of nitrogens with one attached hydrogen (secondary N) is 1. The van der Waals surface area contributed by atoms with Gasteiger partial charge in [0.2, 0.25) is 11.0 Å². The van der Waals surface area contributed by atoms with Gasteiger partial charge < -0.3 is 4.74 Å². The molecule has 28 heavy (non-hydrogen) atoms. The number of amides is 1. The molecule has 0 aliphatic heterocycles. The van der Waals surface area contributed by atoms with Crippen LogP contribution in [0.3, 0.4) is 0 Å². The maximum atomic E-state index is 12.0. The van der Waals surface area contributed by atoms with E-state index in [-0.39, 0.29) is 5.91 Å². The van der Waals surface area contributed by atoms with Crippen molar-refractivity contribution in [2.45, 2.75) is 24.3 Å². The van der Waals surface area contributed by atoms with Crippen molar-refractivity contribution in [1.82, 2.24) is 10.2 Å². The molecule has 1 amide bonds. The molecule has 0 atom stereocenters. The van der Waals surface area contributed by atoms with E-state index in [1.54, 1.807) is 17.8 Å². The first-order chi connectivity index (χ1) is 13.7. The van der Waals surface area contributed by atoms with Crippen LogP contribution in [0.25, 0.3) is 6.08 Å². The van der Waals surface area contributed by atoms with E-state index in [1.165, 1.54) is 17.4 Å².